The van der Waals surface area contributed by atoms with Crippen LogP contribution in [0.25, 0.3) is 11.3 Å². The van der Waals surface area contributed by atoms with E-state index < -0.39 is 66.1 Å². The molecular formula is C25H22F3N3O7. The Balaban J connectivity index is 1.56. The van der Waals surface area contributed by atoms with Gasteiger partial charge in [0.25, 0.3) is 0 Å². The van der Waals surface area contributed by atoms with Crippen molar-refractivity contribution in [2.75, 3.05) is 13.7 Å². The summed E-state index contributed by atoms with van der Waals surface area (Å²) < 4.78 is 70.8. The first-order valence-corrected chi connectivity index (χ1v) is 11.6. The minimum atomic E-state index is -1.62. The van der Waals surface area contributed by atoms with Crippen LogP contribution in [0.15, 0.2) is 48.7 Å². The number of fused-ring (bicyclic) bond motifs is 1. The second-order valence-corrected chi connectivity index (χ2v) is 8.70. The number of esters is 2. The van der Waals surface area contributed by atoms with Gasteiger partial charge in [0.05, 0.1) is 19.9 Å². The van der Waals surface area contributed by atoms with E-state index in [1.165, 1.54) is 10.9 Å². The molecule has 2 saturated heterocycles. The van der Waals surface area contributed by atoms with E-state index in [0.29, 0.717) is 5.56 Å². The Hall–Kier alpha value is -3.81. The lowest BCUT2D eigenvalue weighted by atomic mass is 9.91. The molecule has 0 bridgehead atoms. The monoisotopic (exact) mass is 533 g/mol. The second-order valence-electron chi connectivity index (χ2n) is 8.70. The minimum absolute atomic E-state index is 0.00583. The zero-order valence-corrected chi connectivity index (χ0v) is 20.1. The smallest absolute Gasteiger partial charge is 0.339 e. The van der Waals surface area contributed by atoms with Crippen molar-refractivity contribution in [2.45, 2.75) is 43.7 Å². The average Bonchev–Trinajstić information content (AvgIpc) is 3.40. The molecule has 0 spiro atoms. The molecule has 0 radical (unpaired) electrons. The predicted molar refractivity (Wildman–Crippen MR) is 121 cm³/mol. The quantitative estimate of drug-likeness (QED) is 0.361. The number of aromatic nitrogens is 3. The molecule has 38 heavy (non-hydrogen) atoms. The average molecular weight is 533 g/mol. The SMILES string of the molecule is COC(=O)C1OC2COC(c3ccccc3)OC2C(n2cc(-c3cc(F)c(F)c(F)c3)nn2)C1OC(C)=O. The van der Waals surface area contributed by atoms with E-state index in [1.807, 2.05) is 18.2 Å². The van der Waals surface area contributed by atoms with Crippen molar-refractivity contribution in [1.29, 1.82) is 0 Å². The first-order chi connectivity index (χ1) is 18.3. The van der Waals surface area contributed by atoms with Crippen LogP contribution in [0.3, 0.4) is 0 Å². The van der Waals surface area contributed by atoms with Crippen molar-refractivity contribution in [1.82, 2.24) is 15.0 Å². The maximum absolute atomic E-state index is 13.9. The first kappa shape index (κ1) is 25.8. The Morgan fingerprint density at radius 1 is 1.08 bits per heavy atom. The van der Waals surface area contributed by atoms with Crippen LogP contribution < -0.4 is 0 Å². The van der Waals surface area contributed by atoms with Crippen molar-refractivity contribution in [3.63, 3.8) is 0 Å². The molecule has 6 atom stereocenters. The van der Waals surface area contributed by atoms with Crippen LogP contribution in [-0.4, -0.2) is 65.1 Å². The number of hydrogen-bond donors (Lipinski definition) is 0. The number of carbonyl (C=O) groups excluding carboxylic acids is 2. The summed E-state index contributed by atoms with van der Waals surface area (Å²) in [5.74, 6) is -5.95. The maximum Gasteiger partial charge on any atom is 0.339 e. The largest absolute Gasteiger partial charge is 0.467 e. The normalized spacial score (nSPS) is 26.9. The van der Waals surface area contributed by atoms with Crippen molar-refractivity contribution in [2.24, 2.45) is 0 Å². The van der Waals surface area contributed by atoms with Crippen molar-refractivity contribution < 1.29 is 46.4 Å². The maximum atomic E-state index is 13.9. The molecule has 2 aliphatic heterocycles. The van der Waals surface area contributed by atoms with Crippen LogP contribution in [0.5, 0.6) is 0 Å². The molecule has 200 valence electrons. The number of rotatable bonds is 5. The van der Waals surface area contributed by atoms with Gasteiger partial charge in [-0.15, -0.1) is 5.10 Å². The summed E-state index contributed by atoms with van der Waals surface area (Å²) in [7, 11) is 1.15. The number of nitrogens with zero attached hydrogens (tertiary/aromatic N) is 3. The van der Waals surface area contributed by atoms with Gasteiger partial charge in [-0.1, -0.05) is 35.5 Å². The molecule has 3 aromatic rings. The van der Waals surface area contributed by atoms with Gasteiger partial charge in [0.2, 0.25) is 0 Å². The molecular weight excluding hydrogens is 511 g/mol. The highest BCUT2D eigenvalue weighted by molar-refractivity contribution is 5.76. The molecule has 0 N–H and O–H groups in total. The van der Waals surface area contributed by atoms with Gasteiger partial charge in [-0.05, 0) is 12.1 Å². The molecule has 0 saturated carbocycles. The van der Waals surface area contributed by atoms with Crippen LogP contribution in [0.1, 0.15) is 24.8 Å². The molecule has 3 heterocycles. The third-order valence-corrected chi connectivity index (χ3v) is 6.25. The van der Waals surface area contributed by atoms with E-state index in [4.69, 9.17) is 23.7 Å². The number of ether oxygens (including phenoxy) is 5. The van der Waals surface area contributed by atoms with Crippen LogP contribution in [-0.2, 0) is 33.3 Å². The fourth-order valence-corrected chi connectivity index (χ4v) is 4.57. The predicted octanol–water partition coefficient (Wildman–Crippen LogP) is 2.89. The van der Waals surface area contributed by atoms with Crippen LogP contribution >= 0.6 is 0 Å². The summed E-state index contributed by atoms with van der Waals surface area (Å²) in [6.07, 6.45) is -3.85. The first-order valence-electron chi connectivity index (χ1n) is 11.6. The van der Waals surface area contributed by atoms with E-state index in [1.54, 1.807) is 12.1 Å². The summed E-state index contributed by atoms with van der Waals surface area (Å²) in [5, 5.41) is 8.04. The number of halogens is 3. The van der Waals surface area contributed by atoms with Crippen LogP contribution in [0, 0.1) is 17.5 Å². The van der Waals surface area contributed by atoms with Gasteiger partial charge in [-0.2, -0.15) is 0 Å². The van der Waals surface area contributed by atoms with E-state index in [2.05, 4.69) is 10.3 Å². The molecule has 0 amide bonds. The lowest BCUT2D eigenvalue weighted by Gasteiger charge is -2.48. The van der Waals surface area contributed by atoms with Crippen molar-refractivity contribution in [3.8, 4) is 11.3 Å². The minimum Gasteiger partial charge on any atom is -0.467 e. The third kappa shape index (κ3) is 4.87. The number of benzene rings is 2. The van der Waals surface area contributed by atoms with Gasteiger partial charge >= 0.3 is 11.9 Å². The standard InChI is InChI=1S/C25H22F3N3O7/c1-12(32)36-22-20(31-10-17(29-30-31)14-8-15(26)19(28)16(27)9-14)21-18(37-23(22)24(33)34-2)11-35-25(38-21)13-6-4-3-5-7-13/h3-10,18,20-23,25H,11H2,1-2H3. The molecule has 0 aliphatic carbocycles. The summed E-state index contributed by atoms with van der Waals surface area (Å²) in [4.78, 5) is 24.7. The number of hydrogen-bond acceptors (Lipinski definition) is 9. The third-order valence-electron chi connectivity index (χ3n) is 6.25. The van der Waals surface area contributed by atoms with Gasteiger partial charge in [0, 0.05) is 18.1 Å². The Bertz CT molecular complexity index is 1320. The van der Waals surface area contributed by atoms with Gasteiger partial charge < -0.3 is 23.7 Å². The van der Waals surface area contributed by atoms with E-state index >= 15 is 0 Å². The molecule has 13 heteroatoms. The number of methoxy groups -OCH3 is 1. The molecule has 10 nitrogen and oxygen atoms in total. The van der Waals surface area contributed by atoms with Gasteiger partial charge in [-0.3, -0.25) is 4.79 Å². The topological polar surface area (TPSA) is 111 Å². The van der Waals surface area contributed by atoms with E-state index in [9.17, 15) is 22.8 Å². The van der Waals surface area contributed by atoms with Crippen molar-refractivity contribution >= 4 is 11.9 Å². The van der Waals surface area contributed by atoms with E-state index in [-0.39, 0.29) is 17.9 Å². The van der Waals surface area contributed by atoms with E-state index in [0.717, 1.165) is 26.2 Å². The fraction of sp³-hybridized carbons (Fsp3) is 0.360. The lowest BCUT2D eigenvalue weighted by Crippen LogP contribution is -2.62. The van der Waals surface area contributed by atoms with Gasteiger partial charge in [-0.25, -0.2) is 22.6 Å². The highest BCUT2D eigenvalue weighted by atomic mass is 19.2. The van der Waals surface area contributed by atoms with Gasteiger partial charge in [0.1, 0.15) is 23.9 Å². The zero-order chi connectivity index (χ0) is 27.0. The summed E-state index contributed by atoms with van der Waals surface area (Å²) in [5.41, 5.74) is 0.619. The molecule has 2 fully saturated rings. The lowest BCUT2D eigenvalue weighted by molar-refractivity contribution is -0.315. The Kier molecular flexibility index (Phi) is 7.15. The Labute approximate surface area is 214 Å². The second kappa shape index (κ2) is 10.5. The van der Waals surface area contributed by atoms with Crippen molar-refractivity contribution in [3.05, 3.63) is 71.7 Å². The summed E-state index contributed by atoms with van der Waals surface area (Å²) >= 11 is 0. The van der Waals surface area contributed by atoms with Gasteiger partial charge in [0.15, 0.2) is 35.9 Å². The Morgan fingerprint density at radius 3 is 2.45 bits per heavy atom. The highest BCUT2D eigenvalue weighted by Gasteiger charge is 2.55. The highest BCUT2D eigenvalue weighted by Crippen LogP contribution is 2.41. The summed E-state index contributed by atoms with van der Waals surface area (Å²) in [6.45, 7) is 1.17. The molecule has 1 aromatic heterocycles. The Morgan fingerprint density at radius 2 is 1.79 bits per heavy atom. The summed E-state index contributed by atoms with van der Waals surface area (Å²) in [6, 6.07) is 9.59. The van der Waals surface area contributed by atoms with Crippen LogP contribution in [0.4, 0.5) is 13.2 Å². The molecule has 2 aliphatic rings. The fourth-order valence-electron chi connectivity index (χ4n) is 4.57. The molecule has 6 unspecified atom stereocenters. The molecule has 5 rings (SSSR count). The number of carbonyl (C=O) groups is 2. The molecule has 2 aromatic carbocycles. The van der Waals surface area contributed by atoms with Crippen LogP contribution in [0.2, 0.25) is 0 Å². The zero-order valence-electron chi connectivity index (χ0n) is 20.1.